The Bertz CT molecular complexity index is 1200. The molecular weight excluding hydrogens is 484 g/mol. The number of benzene rings is 1. The Kier molecular flexibility index (Phi) is 8.12. The van der Waals surface area contributed by atoms with E-state index in [-0.39, 0.29) is 23.7 Å². The zero-order chi connectivity index (χ0) is 24.9. The molecule has 2 aromatic heterocycles. The normalized spacial score (nSPS) is 12.9. The molecule has 0 aliphatic heterocycles. The lowest BCUT2D eigenvalue weighted by atomic mass is 9.95. The largest absolute Gasteiger partial charge is 0.497 e. The number of rotatable bonds is 9. The van der Waals surface area contributed by atoms with Crippen molar-refractivity contribution < 1.29 is 19.1 Å². The Hall–Kier alpha value is -2.85. The first kappa shape index (κ1) is 25.2. The maximum absolute atomic E-state index is 12.9. The summed E-state index contributed by atoms with van der Waals surface area (Å²) < 4.78 is 12.7. The van der Waals surface area contributed by atoms with Crippen molar-refractivity contribution in [2.75, 3.05) is 18.2 Å². The number of carbonyl (C=O) groups excluding carboxylic acids is 2. The van der Waals surface area contributed by atoms with Crippen molar-refractivity contribution >= 4 is 40.0 Å². The highest BCUT2D eigenvalue weighted by Crippen LogP contribution is 2.39. The molecule has 0 spiro atoms. The lowest BCUT2D eigenvalue weighted by Crippen LogP contribution is -2.19. The molecule has 0 bridgehead atoms. The van der Waals surface area contributed by atoms with Gasteiger partial charge in [0, 0.05) is 17.0 Å². The Labute approximate surface area is 213 Å². The summed E-state index contributed by atoms with van der Waals surface area (Å²) in [5.74, 6) is 1.11. The molecule has 3 aromatic rings. The molecular formula is C25H30N4O4S2. The second-order valence-corrected chi connectivity index (χ2v) is 10.5. The number of aryl methyl sites for hydroxylation is 1. The van der Waals surface area contributed by atoms with Gasteiger partial charge in [0.25, 0.3) is 0 Å². The molecule has 1 N–H and O–H groups in total. The Morgan fingerprint density at radius 2 is 1.91 bits per heavy atom. The number of hydrogen-bond donors (Lipinski definition) is 1. The molecule has 10 heteroatoms. The summed E-state index contributed by atoms with van der Waals surface area (Å²) in [6.07, 6.45) is 3.69. The average molecular weight is 515 g/mol. The molecule has 186 valence electrons. The van der Waals surface area contributed by atoms with Crippen molar-refractivity contribution in [3.05, 3.63) is 40.3 Å². The van der Waals surface area contributed by atoms with Gasteiger partial charge in [-0.2, -0.15) is 0 Å². The first-order valence-electron chi connectivity index (χ1n) is 11.8. The number of thiophene rings is 1. The van der Waals surface area contributed by atoms with Crippen LogP contribution >= 0.6 is 23.1 Å². The van der Waals surface area contributed by atoms with Gasteiger partial charge in [-0.15, -0.1) is 21.5 Å². The molecule has 0 atom stereocenters. The third kappa shape index (κ3) is 5.70. The maximum atomic E-state index is 12.9. The van der Waals surface area contributed by atoms with Crippen LogP contribution in [-0.2, 0) is 28.9 Å². The molecule has 8 nitrogen and oxygen atoms in total. The van der Waals surface area contributed by atoms with E-state index in [2.05, 4.69) is 15.5 Å². The van der Waals surface area contributed by atoms with Crippen LogP contribution in [-0.4, -0.2) is 45.6 Å². The second-order valence-electron chi connectivity index (χ2n) is 8.48. The van der Waals surface area contributed by atoms with Crippen LogP contribution in [0.4, 0.5) is 5.00 Å². The number of nitrogens with one attached hydrogen (secondary N) is 1. The highest BCUT2D eigenvalue weighted by molar-refractivity contribution is 7.99. The predicted molar refractivity (Wildman–Crippen MR) is 139 cm³/mol. The van der Waals surface area contributed by atoms with Crippen molar-refractivity contribution in [2.45, 2.75) is 64.3 Å². The van der Waals surface area contributed by atoms with Crippen molar-refractivity contribution in [1.82, 2.24) is 14.8 Å². The van der Waals surface area contributed by atoms with E-state index in [0.29, 0.717) is 22.3 Å². The van der Waals surface area contributed by atoms with Gasteiger partial charge in [0.1, 0.15) is 10.8 Å². The third-order valence-electron chi connectivity index (χ3n) is 5.68. The van der Waals surface area contributed by atoms with Gasteiger partial charge >= 0.3 is 5.97 Å². The summed E-state index contributed by atoms with van der Waals surface area (Å²) in [7, 11) is 1.63. The van der Waals surface area contributed by atoms with E-state index in [1.54, 1.807) is 7.11 Å². The number of thioether (sulfide) groups is 1. The fourth-order valence-electron chi connectivity index (χ4n) is 4.07. The van der Waals surface area contributed by atoms with E-state index in [0.717, 1.165) is 48.4 Å². The zero-order valence-corrected chi connectivity index (χ0v) is 22.1. The minimum absolute atomic E-state index is 0.155. The maximum Gasteiger partial charge on any atom is 0.341 e. The minimum Gasteiger partial charge on any atom is -0.497 e. The standard InChI is InChI=1S/C25H30N4O4S2/c1-5-29-22(16-10-12-17(32-4)13-11-16)27-28-25(29)34-14-20(30)26-23-21(24(31)33-15(2)3)18-8-6-7-9-19(18)35-23/h10-13,15H,5-9,14H2,1-4H3,(H,26,30). The molecule has 0 fully saturated rings. The number of amides is 1. The molecule has 2 heterocycles. The molecule has 4 rings (SSSR count). The van der Waals surface area contributed by atoms with Crippen LogP contribution < -0.4 is 10.1 Å². The molecule has 0 saturated heterocycles. The van der Waals surface area contributed by atoms with Crippen LogP contribution in [0.1, 0.15) is 54.4 Å². The number of nitrogens with zero attached hydrogens (tertiary/aromatic N) is 3. The number of aromatic nitrogens is 3. The molecule has 0 radical (unpaired) electrons. The third-order valence-corrected chi connectivity index (χ3v) is 7.86. The van der Waals surface area contributed by atoms with Gasteiger partial charge in [0.05, 0.1) is 24.5 Å². The van der Waals surface area contributed by atoms with E-state index in [1.807, 2.05) is 49.6 Å². The van der Waals surface area contributed by atoms with Crippen LogP contribution in [0.15, 0.2) is 29.4 Å². The first-order valence-corrected chi connectivity index (χ1v) is 13.6. The summed E-state index contributed by atoms with van der Waals surface area (Å²) in [4.78, 5) is 26.9. The van der Waals surface area contributed by atoms with Gasteiger partial charge in [0.15, 0.2) is 11.0 Å². The predicted octanol–water partition coefficient (Wildman–Crippen LogP) is 5.21. The highest BCUT2D eigenvalue weighted by atomic mass is 32.2. The van der Waals surface area contributed by atoms with Crippen LogP contribution in [0.5, 0.6) is 5.75 Å². The quantitative estimate of drug-likeness (QED) is 0.309. The highest BCUT2D eigenvalue weighted by Gasteiger charge is 2.28. The molecule has 35 heavy (non-hydrogen) atoms. The van der Waals surface area contributed by atoms with E-state index >= 15 is 0 Å². The number of ether oxygens (including phenoxy) is 2. The smallest absolute Gasteiger partial charge is 0.341 e. The SMILES string of the molecule is CCn1c(SCC(=O)Nc2sc3c(c2C(=O)OC(C)C)CCCC3)nnc1-c1ccc(OC)cc1. The van der Waals surface area contributed by atoms with Crippen molar-refractivity contribution in [2.24, 2.45) is 0 Å². The molecule has 1 aliphatic rings. The zero-order valence-electron chi connectivity index (χ0n) is 20.4. The molecule has 1 amide bonds. The van der Waals surface area contributed by atoms with E-state index < -0.39 is 0 Å². The molecule has 1 aromatic carbocycles. The van der Waals surface area contributed by atoms with Crippen LogP contribution in [0.2, 0.25) is 0 Å². The number of anilines is 1. The van der Waals surface area contributed by atoms with Crippen LogP contribution in [0.25, 0.3) is 11.4 Å². The number of carbonyl (C=O) groups is 2. The number of esters is 1. The topological polar surface area (TPSA) is 95.3 Å². The van der Waals surface area contributed by atoms with Gasteiger partial charge < -0.3 is 19.4 Å². The van der Waals surface area contributed by atoms with Gasteiger partial charge in [-0.25, -0.2) is 4.79 Å². The number of methoxy groups -OCH3 is 1. The Morgan fingerprint density at radius 1 is 1.17 bits per heavy atom. The van der Waals surface area contributed by atoms with Crippen molar-refractivity contribution in [3.63, 3.8) is 0 Å². The van der Waals surface area contributed by atoms with Crippen molar-refractivity contribution in [3.8, 4) is 17.1 Å². The first-order chi connectivity index (χ1) is 16.9. The summed E-state index contributed by atoms with van der Waals surface area (Å²) in [5.41, 5.74) is 2.48. The van der Waals surface area contributed by atoms with Gasteiger partial charge in [0.2, 0.25) is 5.91 Å². The lowest BCUT2D eigenvalue weighted by molar-refractivity contribution is -0.113. The fraction of sp³-hybridized carbons (Fsp3) is 0.440. The van der Waals surface area contributed by atoms with E-state index in [4.69, 9.17) is 9.47 Å². The van der Waals surface area contributed by atoms with Gasteiger partial charge in [-0.05, 0) is 76.3 Å². The van der Waals surface area contributed by atoms with Crippen LogP contribution in [0, 0.1) is 0 Å². The minimum atomic E-state index is -0.364. The van der Waals surface area contributed by atoms with Gasteiger partial charge in [-0.1, -0.05) is 11.8 Å². The summed E-state index contributed by atoms with van der Waals surface area (Å²) in [5, 5.41) is 12.9. The Morgan fingerprint density at radius 3 is 2.60 bits per heavy atom. The Balaban J connectivity index is 1.47. The lowest BCUT2D eigenvalue weighted by Gasteiger charge is -2.14. The fourth-order valence-corrected chi connectivity index (χ4v) is 6.17. The van der Waals surface area contributed by atoms with Crippen molar-refractivity contribution in [1.29, 1.82) is 0 Å². The second kappa shape index (κ2) is 11.3. The monoisotopic (exact) mass is 514 g/mol. The van der Waals surface area contributed by atoms with E-state index in [1.165, 1.54) is 28.0 Å². The molecule has 0 unspecified atom stereocenters. The summed E-state index contributed by atoms with van der Waals surface area (Å²) in [6, 6.07) is 7.64. The summed E-state index contributed by atoms with van der Waals surface area (Å²) in [6.45, 7) is 6.34. The van der Waals surface area contributed by atoms with E-state index in [9.17, 15) is 9.59 Å². The van der Waals surface area contributed by atoms with Crippen LogP contribution in [0.3, 0.4) is 0 Å². The number of hydrogen-bond acceptors (Lipinski definition) is 8. The molecule has 0 saturated carbocycles. The summed E-state index contributed by atoms with van der Waals surface area (Å²) >= 11 is 2.82. The molecule has 1 aliphatic carbocycles. The van der Waals surface area contributed by atoms with Gasteiger partial charge in [-0.3, -0.25) is 4.79 Å². The average Bonchev–Trinajstić information content (AvgIpc) is 3.42. The number of fused-ring (bicyclic) bond motifs is 1.